The van der Waals surface area contributed by atoms with Gasteiger partial charge in [-0.25, -0.2) is 5.06 Å². The molecular weight excluding hydrogens is 555 g/mol. The molecule has 1 fully saturated rings. The summed E-state index contributed by atoms with van der Waals surface area (Å²) in [5.74, 6) is -1.84. The molecule has 0 aromatic heterocycles. The lowest BCUT2D eigenvalue weighted by molar-refractivity contribution is -0.293. The van der Waals surface area contributed by atoms with Crippen LogP contribution in [0.5, 0.6) is 0 Å². The summed E-state index contributed by atoms with van der Waals surface area (Å²) >= 11 is 0. The summed E-state index contributed by atoms with van der Waals surface area (Å²) in [4.78, 5) is 19.3. The van der Waals surface area contributed by atoms with Crippen LogP contribution in [0.1, 0.15) is 53.5 Å². The normalized spacial score (nSPS) is 28.2. The smallest absolute Gasteiger partial charge is 0.249 e. The van der Waals surface area contributed by atoms with Crippen molar-refractivity contribution < 1.29 is 28.0 Å². The summed E-state index contributed by atoms with van der Waals surface area (Å²) in [7, 11) is -7.14. The van der Waals surface area contributed by atoms with Crippen molar-refractivity contribution in [3.8, 4) is 0 Å². The van der Waals surface area contributed by atoms with Crippen LogP contribution in [0.3, 0.4) is 0 Å². The zero-order chi connectivity index (χ0) is 30.6. The highest BCUT2D eigenvalue weighted by atomic mass is 28.4. The molecule has 1 saturated heterocycles. The second kappa shape index (κ2) is 10.9. The van der Waals surface area contributed by atoms with E-state index >= 15 is 0 Å². The first-order chi connectivity index (χ1) is 17.9. The first kappa shape index (κ1) is 33.4. The molecule has 1 aliphatic heterocycles. The fraction of sp³-hybridized carbons (Fsp3) is 0.700. The summed E-state index contributed by atoms with van der Waals surface area (Å²) in [6.45, 7) is 28.2. The van der Waals surface area contributed by atoms with Gasteiger partial charge in [0.25, 0.3) is 0 Å². The second-order valence-corrected chi connectivity index (χ2v) is 29.5. The highest BCUT2D eigenvalue weighted by molar-refractivity contribution is 6.74. The van der Waals surface area contributed by atoms with Crippen molar-refractivity contribution in [1.82, 2.24) is 5.06 Å². The van der Waals surface area contributed by atoms with Gasteiger partial charge in [0.05, 0.1) is 6.42 Å². The lowest BCUT2D eigenvalue weighted by Crippen LogP contribution is -2.77. The molecule has 0 saturated carbocycles. The van der Waals surface area contributed by atoms with Crippen LogP contribution in [0.4, 0.5) is 0 Å². The molecule has 1 spiro atoms. The first-order valence-electron chi connectivity index (χ1n) is 14.4. The fourth-order valence-electron chi connectivity index (χ4n) is 4.55. The van der Waals surface area contributed by atoms with Gasteiger partial charge < -0.3 is 18.4 Å². The quantitative estimate of drug-likeness (QED) is 0.141. The molecule has 1 amide bonds. The van der Waals surface area contributed by atoms with E-state index in [0.29, 0.717) is 0 Å². The lowest BCUT2D eigenvalue weighted by atomic mass is 9.73. The fourth-order valence-corrected chi connectivity index (χ4v) is 8.22. The molecule has 10 heteroatoms. The van der Waals surface area contributed by atoms with E-state index in [1.165, 1.54) is 5.06 Å². The number of nitrogens with zero attached hydrogens (tertiary/aromatic N) is 1. The number of hydroxylamine groups is 2. The number of benzene rings is 1. The van der Waals surface area contributed by atoms with Crippen LogP contribution in [0.2, 0.25) is 55.9 Å². The highest BCUT2D eigenvalue weighted by Crippen LogP contribution is 2.51. The number of aliphatic hydroxyl groups is 1. The number of amides is 1. The van der Waals surface area contributed by atoms with Gasteiger partial charge in [0.15, 0.2) is 25.0 Å². The molecule has 3 rings (SSSR count). The maximum atomic E-state index is 13.1. The molecule has 1 heterocycles. The summed E-state index contributed by atoms with van der Waals surface area (Å²) in [6, 6.07) is 9.79. The molecule has 1 aliphatic carbocycles. The van der Waals surface area contributed by atoms with E-state index in [1.807, 2.05) is 36.4 Å². The Hall–Kier alpha value is -1.12. The van der Waals surface area contributed by atoms with Gasteiger partial charge in [0.1, 0.15) is 24.4 Å². The third-order valence-corrected chi connectivity index (χ3v) is 18.8. The molecular formula is C30H53NO6Si3. The average Bonchev–Trinajstić information content (AvgIpc) is 2.76. The zero-order valence-corrected chi connectivity index (χ0v) is 30.0. The molecule has 4 atom stereocenters. The Morgan fingerprint density at radius 1 is 0.850 bits per heavy atom. The third-order valence-electron chi connectivity index (χ3n) is 8.96. The zero-order valence-electron chi connectivity index (χ0n) is 27.0. The third kappa shape index (κ3) is 6.75. The number of hydrogen-bond acceptors (Lipinski definition) is 6. The van der Waals surface area contributed by atoms with Gasteiger partial charge in [0, 0.05) is 0 Å². The van der Waals surface area contributed by atoms with E-state index in [9.17, 15) is 9.90 Å². The maximum Gasteiger partial charge on any atom is 0.249 e. The minimum absolute atomic E-state index is 0.119. The van der Waals surface area contributed by atoms with Gasteiger partial charge in [-0.2, -0.15) is 0 Å². The van der Waals surface area contributed by atoms with Crippen molar-refractivity contribution in [3.63, 3.8) is 0 Å². The summed E-state index contributed by atoms with van der Waals surface area (Å²) in [5, 5.41) is 13.6. The average molecular weight is 608 g/mol. The standard InChI is InChI=1S/C30H53NO6Si3/c1-27(2,3)39(10,11)36-26-25(35-38(7,8)9)29(19-20-30(26,33)37-40(12,13)28(4,5)6)21-24(32)31(29)34-22-23-17-15-14-16-18-23/h14-20,25-26,33H,21-22H2,1-13H3. The summed E-state index contributed by atoms with van der Waals surface area (Å²) in [5.41, 5.74) is 0.0500. The SMILES string of the molecule is CC(C)(C)[Si](C)(C)OC1C(O[Si](C)(C)C)C2(C=CC1(O)O[Si](C)(C)C(C)(C)C)CC(=O)N2OCc1ccccc1. The Morgan fingerprint density at radius 3 is 1.88 bits per heavy atom. The number of carbonyl (C=O) groups is 1. The first-order valence-corrected chi connectivity index (χ1v) is 23.7. The molecule has 40 heavy (non-hydrogen) atoms. The second-order valence-electron chi connectivity index (χ2n) is 15.5. The van der Waals surface area contributed by atoms with Crippen molar-refractivity contribution in [2.75, 3.05) is 0 Å². The van der Waals surface area contributed by atoms with E-state index in [1.54, 1.807) is 6.08 Å². The van der Waals surface area contributed by atoms with Gasteiger partial charge in [-0.15, -0.1) is 0 Å². The van der Waals surface area contributed by atoms with Gasteiger partial charge in [-0.05, 0) is 67.5 Å². The Balaban J connectivity index is 2.15. The highest BCUT2D eigenvalue weighted by Gasteiger charge is 2.67. The molecule has 0 bridgehead atoms. The number of carbonyl (C=O) groups excluding carboxylic acids is 1. The van der Waals surface area contributed by atoms with Crippen LogP contribution in [0, 0.1) is 0 Å². The topological polar surface area (TPSA) is 77.5 Å². The van der Waals surface area contributed by atoms with Crippen LogP contribution in [-0.2, 0) is 29.5 Å². The molecule has 226 valence electrons. The van der Waals surface area contributed by atoms with Crippen LogP contribution < -0.4 is 0 Å². The van der Waals surface area contributed by atoms with Crippen molar-refractivity contribution in [1.29, 1.82) is 0 Å². The summed E-state index contributed by atoms with van der Waals surface area (Å²) < 4.78 is 20.8. The van der Waals surface area contributed by atoms with Crippen LogP contribution in [0.15, 0.2) is 42.5 Å². The minimum Gasteiger partial charge on any atom is -0.409 e. The van der Waals surface area contributed by atoms with Gasteiger partial charge in [0.2, 0.25) is 11.7 Å². The Labute approximate surface area is 245 Å². The monoisotopic (exact) mass is 607 g/mol. The number of β-lactam (4-membered cyclic amide) rings is 1. The van der Waals surface area contributed by atoms with Gasteiger partial charge in [-0.1, -0.05) is 78.0 Å². The van der Waals surface area contributed by atoms with Crippen LogP contribution in [-0.4, -0.2) is 64.6 Å². The van der Waals surface area contributed by atoms with Crippen molar-refractivity contribution in [2.24, 2.45) is 0 Å². The van der Waals surface area contributed by atoms with Crippen molar-refractivity contribution in [3.05, 3.63) is 48.0 Å². The Kier molecular flexibility index (Phi) is 9.06. The van der Waals surface area contributed by atoms with Crippen molar-refractivity contribution in [2.45, 2.75) is 134 Å². The molecule has 4 unspecified atom stereocenters. The Morgan fingerprint density at radius 2 is 1.40 bits per heavy atom. The molecule has 1 aromatic rings. The Bertz CT molecular complexity index is 1090. The molecule has 1 N–H and O–H groups in total. The minimum atomic E-state index is -2.47. The largest absolute Gasteiger partial charge is 0.409 e. The van der Waals surface area contributed by atoms with Crippen LogP contribution >= 0.6 is 0 Å². The van der Waals surface area contributed by atoms with Crippen molar-refractivity contribution >= 4 is 30.9 Å². The van der Waals surface area contributed by atoms with E-state index in [-0.39, 0.29) is 29.0 Å². The molecule has 7 nitrogen and oxygen atoms in total. The van der Waals surface area contributed by atoms with E-state index < -0.39 is 48.5 Å². The van der Waals surface area contributed by atoms with E-state index in [0.717, 1.165) is 5.56 Å². The van der Waals surface area contributed by atoms with Crippen LogP contribution in [0.25, 0.3) is 0 Å². The summed E-state index contributed by atoms with van der Waals surface area (Å²) in [6.07, 6.45) is 2.27. The number of hydrogen-bond donors (Lipinski definition) is 1. The maximum absolute atomic E-state index is 13.1. The van der Waals surface area contributed by atoms with Gasteiger partial charge >= 0.3 is 0 Å². The molecule has 1 aromatic carbocycles. The predicted octanol–water partition coefficient (Wildman–Crippen LogP) is 6.98. The number of rotatable bonds is 9. The molecule has 0 radical (unpaired) electrons. The lowest BCUT2D eigenvalue weighted by Gasteiger charge is -2.60. The molecule has 2 aliphatic rings. The van der Waals surface area contributed by atoms with Gasteiger partial charge in [-0.3, -0.25) is 9.63 Å². The predicted molar refractivity (Wildman–Crippen MR) is 168 cm³/mol. The van der Waals surface area contributed by atoms with E-state index in [4.69, 9.17) is 18.1 Å². The van der Waals surface area contributed by atoms with E-state index in [2.05, 4.69) is 87.4 Å².